The third-order valence-electron chi connectivity index (χ3n) is 5.30. The maximum atomic E-state index is 13.7. The Balaban J connectivity index is 1.43. The van der Waals surface area contributed by atoms with Gasteiger partial charge >= 0.3 is 0 Å². The van der Waals surface area contributed by atoms with Gasteiger partial charge in [-0.25, -0.2) is 9.37 Å². The molecule has 4 rings (SSSR count). The first-order chi connectivity index (χ1) is 12.5. The van der Waals surface area contributed by atoms with E-state index in [9.17, 15) is 14.0 Å². The quantitative estimate of drug-likeness (QED) is 0.859. The Kier molecular flexibility index (Phi) is 4.07. The number of benzene rings is 1. The number of halogens is 1. The van der Waals surface area contributed by atoms with Gasteiger partial charge in [-0.05, 0) is 49.6 Å². The zero-order chi connectivity index (χ0) is 18.3. The molecule has 1 amide bonds. The van der Waals surface area contributed by atoms with Crippen molar-refractivity contribution in [3.8, 4) is 0 Å². The van der Waals surface area contributed by atoms with Gasteiger partial charge in [-0.1, -0.05) is 18.2 Å². The highest BCUT2D eigenvalue weighted by atomic mass is 19.1. The molecular formula is C20H20FN3O2. The number of carbonyl (C=O) groups is 2. The zero-order valence-corrected chi connectivity index (χ0v) is 14.5. The number of hydrogen-bond acceptors (Lipinski definition) is 4. The summed E-state index contributed by atoms with van der Waals surface area (Å²) in [5.74, 6) is -0.898. The lowest BCUT2D eigenvalue weighted by molar-refractivity contribution is -0.0708. The number of ketones is 1. The second-order valence-corrected chi connectivity index (χ2v) is 7.48. The number of carbonyl (C=O) groups excluding carboxylic acids is 2. The van der Waals surface area contributed by atoms with Crippen molar-refractivity contribution in [3.05, 3.63) is 59.5 Å². The van der Waals surface area contributed by atoms with Crippen molar-refractivity contribution in [2.75, 3.05) is 25.5 Å². The highest BCUT2D eigenvalue weighted by Crippen LogP contribution is 2.52. The fourth-order valence-corrected chi connectivity index (χ4v) is 4.21. The molecule has 0 unspecified atom stereocenters. The van der Waals surface area contributed by atoms with Crippen LogP contribution < -0.4 is 5.32 Å². The van der Waals surface area contributed by atoms with Crippen LogP contribution in [0.1, 0.15) is 33.7 Å². The molecule has 0 bridgehead atoms. The van der Waals surface area contributed by atoms with E-state index in [0.29, 0.717) is 11.1 Å². The van der Waals surface area contributed by atoms with E-state index < -0.39 is 11.7 Å². The molecule has 2 aliphatic rings. The summed E-state index contributed by atoms with van der Waals surface area (Å²) in [6.45, 7) is 2.12. The lowest BCUT2D eigenvalue weighted by Crippen LogP contribution is -2.61. The lowest BCUT2D eigenvalue weighted by Gasteiger charge is -2.57. The van der Waals surface area contributed by atoms with E-state index in [0.717, 1.165) is 25.9 Å². The molecule has 134 valence electrons. The van der Waals surface area contributed by atoms with Gasteiger partial charge in [0.1, 0.15) is 17.3 Å². The Bertz CT molecular complexity index is 869. The summed E-state index contributed by atoms with van der Waals surface area (Å²) in [6.07, 6.45) is 1.81. The number of rotatable bonds is 4. The number of pyridine rings is 1. The predicted molar refractivity (Wildman–Crippen MR) is 95.6 cm³/mol. The van der Waals surface area contributed by atoms with Crippen molar-refractivity contribution in [1.29, 1.82) is 0 Å². The molecule has 26 heavy (non-hydrogen) atoms. The second kappa shape index (κ2) is 6.29. The number of hydrogen-bond donors (Lipinski definition) is 1. The van der Waals surface area contributed by atoms with Crippen LogP contribution in [0.2, 0.25) is 0 Å². The fourth-order valence-electron chi connectivity index (χ4n) is 4.21. The van der Waals surface area contributed by atoms with E-state index in [1.165, 1.54) is 18.2 Å². The SMILES string of the molecule is CN1CC2(CC(C(=O)c3cccc(NC(=O)c4ccccc4F)n3)C2)C1. The van der Waals surface area contributed by atoms with Gasteiger partial charge in [0.15, 0.2) is 5.78 Å². The molecule has 0 atom stereocenters. The molecule has 6 heteroatoms. The van der Waals surface area contributed by atoms with Gasteiger partial charge in [0.05, 0.1) is 5.56 Å². The number of aromatic nitrogens is 1. The number of likely N-dealkylation sites (tertiary alicyclic amines) is 1. The van der Waals surface area contributed by atoms with Crippen LogP contribution in [0, 0.1) is 17.2 Å². The minimum Gasteiger partial charge on any atom is -0.306 e. The van der Waals surface area contributed by atoms with Crippen LogP contribution in [0.15, 0.2) is 42.5 Å². The van der Waals surface area contributed by atoms with Crippen molar-refractivity contribution in [2.45, 2.75) is 12.8 Å². The van der Waals surface area contributed by atoms with Crippen LogP contribution >= 0.6 is 0 Å². The minimum absolute atomic E-state index is 0.00807. The number of anilines is 1. The van der Waals surface area contributed by atoms with Crippen LogP contribution in [0.5, 0.6) is 0 Å². The molecule has 5 nitrogen and oxygen atoms in total. The summed E-state index contributed by atoms with van der Waals surface area (Å²) in [5, 5.41) is 2.56. The van der Waals surface area contributed by atoms with E-state index in [2.05, 4.69) is 22.2 Å². The molecule has 1 N–H and O–H groups in total. The highest BCUT2D eigenvalue weighted by molar-refractivity contribution is 6.04. The van der Waals surface area contributed by atoms with Gasteiger partial charge in [-0.3, -0.25) is 9.59 Å². The normalized spacial score (nSPS) is 18.8. The molecule has 1 aliphatic carbocycles. The van der Waals surface area contributed by atoms with Crippen molar-refractivity contribution in [1.82, 2.24) is 9.88 Å². The fraction of sp³-hybridized carbons (Fsp3) is 0.350. The largest absolute Gasteiger partial charge is 0.306 e. The third kappa shape index (κ3) is 3.01. The maximum Gasteiger partial charge on any atom is 0.259 e. The standard InChI is InChI=1S/C20H20FN3O2/c1-24-11-20(12-24)9-13(10-20)18(25)16-7-4-8-17(22-16)23-19(26)14-5-2-3-6-15(14)21/h2-8,13H,9-12H2,1H3,(H,22,23,26). The lowest BCUT2D eigenvalue weighted by atomic mass is 9.56. The van der Waals surface area contributed by atoms with Gasteiger partial charge in [-0.2, -0.15) is 0 Å². The summed E-state index contributed by atoms with van der Waals surface area (Å²) in [4.78, 5) is 31.4. The molecule has 1 spiro atoms. The Morgan fingerprint density at radius 1 is 1.15 bits per heavy atom. The topological polar surface area (TPSA) is 62.3 Å². The number of nitrogens with zero attached hydrogens (tertiary/aromatic N) is 2. The summed E-state index contributed by atoms with van der Waals surface area (Å²) >= 11 is 0. The monoisotopic (exact) mass is 353 g/mol. The molecule has 1 aromatic heterocycles. The third-order valence-corrected chi connectivity index (χ3v) is 5.30. The maximum absolute atomic E-state index is 13.7. The Hall–Kier alpha value is -2.60. The minimum atomic E-state index is -0.595. The van der Waals surface area contributed by atoms with Crippen molar-refractivity contribution < 1.29 is 14.0 Å². The first kappa shape index (κ1) is 16.8. The van der Waals surface area contributed by atoms with Crippen molar-refractivity contribution in [2.24, 2.45) is 11.3 Å². The Morgan fingerprint density at radius 2 is 1.88 bits per heavy atom. The molecule has 1 aliphatic heterocycles. The summed E-state index contributed by atoms with van der Waals surface area (Å²) in [5.41, 5.74) is 0.621. The van der Waals surface area contributed by atoms with E-state index in [-0.39, 0.29) is 23.1 Å². The average Bonchev–Trinajstić information content (AvgIpc) is 2.57. The van der Waals surface area contributed by atoms with Crippen LogP contribution in [-0.4, -0.2) is 41.7 Å². The zero-order valence-electron chi connectivity index (χ0n) is 14.5. The van der Waals surface area contributed by atoms with Gasteiger partial charge in [0.2, 0.25) is 0 Å². The number of amides is 1. The smallest absolute Gasteiger partial charge is 0.259 e. The number of nitrogens with one attached hydrogen (secondary N) is 1. The molecule has 2 fully saturated rings. The van der Waals surface area contributed by atoms with Crippen molar-refractivity contribution >= 4 is 17.5 Å². The first-order valence-electron chi connectivity index (χ1n) is 8.71. The van der Waals surface area contributed by atoms with Crippen LogP contribution in [-0.2, 0) is 0 Å². The molecule has 1 saturated carbocycles. The number of Topliss-reactive ketones (excluding diaryl/α,β-unsaturated/α-hetero) is 1. The predicted octanol–water partition coefficient (Wildman–Crippen LogP) is 3.00. The van der Waals surface area contributed by atoms with Gasteiger partial charge in [0, 0.05) is 19.0 Å². The summed E-state index contributed by atoms with van der Waals surface area (Å²) < 4.78 is 13.7. The van der Waals surface area contributed by atoms with E-state index >= 15 is 0 Å². The van der Waals surface area contributed by atoms with Crippen molar-refractivity contribution in [3.63, 3.8) is 0 Å². The summed E-state index contributed by atoms with van der Waals surface area (Å²) in [6, 6.07) is 10.7. The second-order valence-electron chi connectivity index (χ2n) is 7.48. The Morgan fingerprint density at radius 3 is 2.58 bits per heavy atom. The van der Waals surface area contributed by atoms with Crippen LogP contribution in [0.4, 0.5) is 10.2 Å². The first-order valence-corrected chi connectivity index (χ1v) is 8.71. The Labute approximate surface area is 151 Å². The molecule has 0 radical (unpaired) electrons. The van der Waals surface area contributed by atoms with E-state index in [4.69, 9.17) is 0 Å². The van der Waals surface area contributed by atoms with Crippen LogP contribution in [0.25, 0.3) is 0 Å². The van der Waals surface area contributed by atoms with Crippen LogP contribution in [0.3, 0.4) is 0 Å². The van der Waals surface area contributed by atoms with Gasteiger partial charge in [0.25, 0.3) is 5.91 Å². The highest BCUT2D eigenvalue weighted by Gasteiger charge is 2.53. The molecule has 2 heterocycles. The van der Waals surface area contributed by atoms with E-state index in [1.807, 2.05) is 0 Å². The molecular weight excluding hydrogens is 333 g/mol. The molecule has 2 aromatic rings. The molecule has 1 saturated heterocycles. The summed E-state index contributed by atoms with van der Waals surface area (Å²) in [7, 11) is 2.09. The van der Waals surface area contributed by atoms with E-state index in [1.54, 1.807) is 24.3 Å². The average molecular weight is 353 g/mol. The van der Waals surface area contributed by atoms with Gasteiger partial charge in [-0.15, -0.1) is 0 Å². The van der Waals surface area contributed by atoms with Gasteiger partial charge < -0.3 is 10.2 Å². The molecule has 1 aromatic carbocycles.